The highest BCUT2D eigenvalue weighted by Gasteiger charge is 2.62. The molecule has 2 nitrogen and oxygen atoms in total. The Morgan fingerprint density at radius 3 is 2.80 bits per heavy atom. The smallest absolute Gasteiger partial charge is 0.0940 e. The van der Waals surface area contributed by atoms with Gasteiger partial charge in [0.15, 0.2) is 0 Å². The summed E-state index contributed by atoms with van der Waals surface area (Å²) in [5.74, 6) is 0.573. The van der Waals surface area contributed by atoms with E-state index in [0.717, 1.165) is 19.4 Å². The Balaban J connectivity index is 1.97. The summed E-state index contributed by atoms with van der Waals surface area (Å²) in [5.41, 5.74) is -0.393. The SMILES string of the molecule is CCOC1CC[C@H]2C[C@@]12O. The summed E-state index contributed by atoms with van der Waals surface area (Å²) in [4.78, 5) is 0. The van der Waals surface area contributed by atoms with Crippen LogP contribution < -0.4 is 0 Å². The lowest BCUT2D eigenvalue weighted by molar-refractivity contribution is -0.0393. The normalized spacial score (nSPS) is 51.0. The van der Waals surface area contributed by atoms with Gasteiger partial charge in [-0.3, -0.25) is 0 Å². The average molecular weight is 142 g/mol. The zero-order valence-electron chi connectivity index (χ0n) is 6.34. The maximum Gasteiger partial charge on any atom is 0.0940 e. The summed E-state index contributed by atoms with van der Waals surface area (Å²) in [6.45, 7) is 2.72. The molecule has 0 amide bonds. The van der Waals surface area contributed by atoms with Crippen molar-refractivity contribution in [3.63, 3.8) is 0 Å². The van der Waals surface area contributed by atoms with Crippen LogP contribution in [0.2, 0.25) is 0 Å². The minimum atomic E-state index is -0.393. The van der Waals surface area contributed by atoms with E-state index in [2.05, 4.69) is 0 Å². The highest BCUT2D eigenvalue weighted by molar-refractivity contribution is 5.13. The fourth-order valence-corrected chi connectivity index (χ4v) is 2.11. The molecule has 0 radical (unpaired) electrons. The van der Waals surface area contributed by atoms with E-state index in [-0.39, 0.29) is 6.10 Å². The van der Waals surface area contributed by atoms with E-state index < -0.39 is 5.60 Å². The molecule has 10 heavy (non-hydrogen) atoms. The van der Waals surface area contributed by atoms with E-state index in [1.807, 2.05) is 6.92 Å². The molecule has 3 atom stereocenters. The fraction of sp³-hybridized carbons (Fsp3) is 1.00. The largest absolute Gasteiger partial charge is 0.387 e. The minimum absolute atomic E-state index is 0.155. The number of aliphatic hydroxyl groups is 1. The third kappa shape index (κ3) is 0.722. The quantitative estimate of drug-likeness (QED) is 0.621. The van der Waals surface area contributed by atoms with Gasteiger partial charge in [0.1, 0.15) is 0 Å². The molecule has 1 N–H and O–H groups in total. The molecule has 0 heterocycles. The van der Waals surface area contributed by atoms with Gasteiger partial charge in [-0.05, 0) is 32.1 Å². The van der Waals surface area contributed by atoms with Crippen LogP contribution in [-0.4, -0.2) is 23.4 Å². The molecule has 2 aliphatic carbocycles. The van der Waals surface area contributed by atoms with Crippen LogP contribution in [0.25, 0.3) is 0 Å². The maximum absolute atomic E-state index is 9.73. The van der Waals surface area contributed by atoms with Gasteiger partial charge in [-0.1, -0.05) is 0 Å². The predicted molar refractivity (Wildman–Crippen MR) is 37.7 cm³/mol. The van der Waals surface area contributed by atoms with Gasteiger partial charge in [-0.2, -0.15) is 0 Å². The van der Waals surface area contributed by atoms with E-state index in [1.54, 1.807) is 0 Å². The van der Waals surface area contributed by atoms with E-state index in [0.29, 0.717) is 5.92 Å². The first-order chi connectivity index (χ1) is 4.77. The molecule has 2 saturated carbocycles. The van der Waals surface area contributed by atoms with E-state index in [9.17, 15) is 5.11 Å². The van der Waals surface area contributed by atoms with Crippen LogP contribution in [0.4, 0.5) is 0 Å². The van der Waals surface area contributed by atoms with Gasteiger partial charge in [0.05, 0.1) is 11.7 Å². The zero-order valence-corrected chi connectivity index (χ0v) is 6.34. The number of fused-ring (bicyclic) bond motifs is 1. The molecule has 0 bridgehead atoms. The first-order valence-corrected chi connectivity index (χ1v) is 4.11. The highest BCUT2D eigenvalue weighted by atomic mass is 16.5. The Labute approximate surface area is 61.2 Å². The molecule has 2 fully saturated rings. The third-order valence-electron chi connectivity index (χ3n) is 2.82. The van der Waals surface area contributed by atoms with Crippen molar-refractivity contribution in [3.05, 3.63) is 0 Å². The van der Waals surface area contributed by atoms with Crippen molar-refractivity contribution in [1.82, 2.24) is 0 Å². The standard InChI is InChI=1S/C8H14O2/c1-2-10-7-4-3-6-5-8(6,7)9/h6-7,9H,2-5H2,1H3/t6-,7?,8-/m0/s1. The molecule has 58 valence electrons. The number of hydrogen-bond acceptors (Lipinski definition) is 2. The molecule has 0 aromatic carbocycles. The fourth-order valence-electron chi connectivity index (χ4n) is 2.11. The van der Waals surface area contributed by atoms with Crippen LogP contribution >= 0.6 is 0 Å². The highest BCUT2D eigenvalue weighted by Crippen LogP contribution is 2.56. The van der Waals surface area contributed by atoms with E-state index in [4.69, 9.17) is 4.74 Å². The van der Waals surface area contributed by atoms with Gasteiger partial charge in [-0.15, -0.1) is 0 Å². The van der Waals surface area contributed by atoms with Crippen molar-refractivity contribution in [2.24, 2.45) is 5.92 Å². The molecule has 0 aromatic heterocycles. The molecule has 0 aromatic rings. The van der Waals surface area contributed by atoms with Crippen molar-refractivity contribution in [2.75, 3.05) is 6.61 Å². The third-order valence-corrected chi connectivity index (χ3v) is 2.82. The van der Waals surface area contributed by atoms with Gasteiger partial charge in [-0.25, -0.2) is 0 Å². The van der Waals surface area contributed by atoms with Crippen molar-refractivity contribution >= 4 is 0 Å². The van der Waals surface area contributed by atoms with Crippen molar-refractivity contribution in [1.29, 1.82) is 0 Å². The summed E-state index contributed by atoms with van der Waals surface area (Å²) in [7, 11) is 0. The average Bonchev–Trinajstić information content (AvgIpc) is 2.48. The molecule has 0 saturated heterocycles. The lowest BCUT2D eigenvalue weighted by Crippen LogP contribution is -2.28. The Bertz CT molecular complexity index is 144. The minimum Gasteiger partial charge on any atom is -0.387 e. The van der Waals surface area contributed by atoms with Crippen LogP contribution in [0.5, 0.6) is 0 Å². The first-order valence-electron chi connectivity index (χ1n) is 4.11. The van der Waals surface area contributed by atoms with Crippen molar-refractivity contribution < 1.29 is 9.84 Å². The predicted octanol–water partition coefficient (Wildman–Crippen LogP) is 0.936. The van der Waals surface area contributed by atoms with Crippen LogP contribution in [0.15, 0.2) is 0 Å². The molecule has 2 aliphatic rings. The number of hydrogen-bond donors (Lipinski definition) is 1. The lowest BCUT2D eigenvalue weighted by atomic mass is 10.2. The maximum atomic E-state index is 9.73. The summed E-state index contributed by atoms with van der Waals surface area (Å²) < 4.78 is 5.41. The molecular formula is C8H14O2. The van der Waals surface area contributed by atoms with Crippen LogP contribution in [0.3, 0.4) is 0 Å². The van der Waals surface area contributed by atoms with Gasteiger partial charge in [0.25, 0.3) is 0 Å². The van der Waals surface area contributed by atoms with Gasteiger partial charge in [0, 0.05) is 6.61 Å². The van der Waals surface area contributed by atoms with E-state index >= 15 is 0 Å². The van der Waals surface area contributed by atoms with E-state index in [1.165, 1.54) is 6.42 Å². The topological polar surface area (TPSA) is 29.5 Å². The molecule has 0 aliphatic heterocycles. The number of ether oxygens (including phenoxy) is 1. The van der Waals surface area contributed by atoms with Crippen molar-refractivity contribution in [3.8, 4) is 0 Å². The summed E-state index contributed by atoms with van der Waals surface area (Å²) >= 11 is 0. The van der Waals surface area contributed by atoms with Crippen LogP contribution in [0.1, 0.15) is 26.2 Å². The molecule has 2 rings (SSSR count). The second-order valence-corrected chi connectivity index (χ2v) is 3.41. The summed E-state index contributed by atoms with van der Waals surface area (Å²) in [6, 6.07) is 0. The molecule has 1 unspecified atom stereocenters. The van der Waals surface area contributed by atoms with Gasteiger partial charge < -0.3 is 9.84 Å². The second kappa shape index (κ2) is 1.95. The van der Waals surface area contributed by atoms with Crippen molar-refractivity contribution in [2.45, 2.75) is 37.9 Å². The molecule has 2 heteroatoms. The second-order valence-electron chi connectivity index (χ2n) is 3.41. The Morgan fingerprint density at radius 1 is 1.60 bits per heavy atom. The first kappa shape index (κ1) is 6.62. The van der Waals surface area contributed by atoms with Gasteiger partial charge >= 0.3 is 0 Å². The molecule has 0 spiro atoms. The number of rotatable bonds is 2. The van der Waals surface area contributed by atoms with Crippen LogP contribution in [-0.2, 0) is 4.74 Å². The molecular weight excluding hydrogens is 128 g/mol. The lowest BCUT2D eigenvalue weighted by Gasteiger charge is -2.17. The Morgan fingerprint density at radius 2 is 2.40 bits per heavy atom. The van der Waals surface area contributed by atoms with Gasteiger partial charge in [0.2, 0.25) is 0 Å². The van der Waals surface area contributed by atoms with Crippen LogP contribution in [0, 0.1) is 5.92 Å². The monoisotopic (exact) mass is 142 g/mol. The summed E-state index contributed by atoms with van der Waals surface area (Å²) in [6.07, 6.45) is 3.37. The Kier molecular flexibility index (Phi) is 1.29. The summed E-state index contributed by atoms with van der Waals surface area (Å²) in [5, 5.41) is 9.73. The zero-order chi connectivity index (χ0) is 7.19. The Hall–Kier alpha value is -0.0800.